The molecule has 0 atom stereocenters. The Labute approximate surface area is 157 Å². The third-order valence-electron chi connectivity index (χ3n) is 4.76. The number of anilines is 1. The molecule has 0 radical (unpaired) electrons. The molecular weight excluding hydrogens is 355 g/mol. The number of ether oxygens (including phenoxy) is 1. The van der Waals surface area contributed by atoms with E-state index < -0.39 is 0 Å². The average Bonchev–Trinajstić information content (AvgIpc) is 3.42. The van der Waals surface area contributed by atoms with Crippen molar-refractivity contribution in [3.63, 3.8) is 0 Å². The molecule has 138 valence electrons. The second kappa shape index (κ2) is 7.96. The number of benzene rings is 2. The molecule has 1 aliphatic carbocycles. The van der Waals surface area contributed by atoms with Crippen LogP contribution in [-0.4, -0.2) is 26.1 Å². The summed E-state index contributed by atoms with van der Waals surface area (Å²) in [6, 6.07) is 11.9. The highest BCUT2D eigenvalue weighted by atomic mass is 35.5. The van der Waals surface area contributed by atoms with E-state index in [0.717, 1.165) is 24.1 Å². The van der Waals surface area contributed by atoms with E-state index in [0.29, 0.717) is 30.3 Å². The van der Waals surface area contributed by atoms with Gasteiger partial charge in [0.1, 0.15) is 11.6 Å². The Kier molecular flexibility index (Phi) is 5.67. The molecule has 1 fully saturated rings. The first kappa shape index (κ1) is 18.5. The molecule has 1 amide bonds. The summed E-state index contributed by atoms with van der Waals surface area (Å²) in [4.78, 5) is 12.1. The summed E-state index contributed by atoms with van der Waals surface area (Å²) in [7, 11) is 1.59. The van der Waals surface area contributed by atoms with Crippen molar-refractivity contribution in [3.8, 4) is 5.75 Å². The first-order chi connectivity index (χ1) is 12.5. The van der Waals surface area contributed by atoms with Crippen LogP contribution in [0.5, 0.6) is 5.75 Å². The van der Waals surface area contributed by atoms with E-state index in [9.17, 15) is 9.18 Å². The van der Waals surface area contributed by atoms with E-state index in [1.807, 2.05) is 12.1 Å². The van der Waals surface area contributed by atoms with Crippen LogP contribution in [0.2, 0.25) is 5.02 Å². The van der Waals surface area contributed by atoms with Gasteiger partial charge in [-0.25, -0.2) is 4.39 Å². The van der Waals surface area contributed by atoms with Gasteiger partial charge in [-0.3, -0.25) is 4.79 Å². The van der Waals surface area contributed by atoms with Crippen molar-refractivity contribution >= 4 is 23.2 Å². The lowest BCUT2D eigenvalue weighted by molar-refractivity contribution is -0.120. The summed E-state index contributed by atoms with van der Waals surface area (Å²) in [5.41, 5.74) is 1.81. The van der Waals surface area contributed by atoms with Gasteiger partial charge < -0.3 is 15.4 Å². The van der Waals surface area contributed by atoms with Crippen LogP contribution in [0, 0.1) is 5.82 Å². The normalized spacial score (nSPS) is 14.6. The van der Waals surface area contributed by atoms with Gasteiger partial charge in [0.25, 0.3) is 0 Å². The highest BCUT2D eigenvalue weighted by Gasteiger charge is 2.44. The fourth-order valence-corrected chi connectivity index (χ4v) is 3.18. The Bertz CT molecular complexity index is 776. The highest BCUT2D eigenvalue weighted by Crippen LogP contribution is 2.47. The molecule has 2 aromatic rings. The molecule has 0 bridgehead atoms. The van der Waals surface area contributed by atoms with Gasteiger partial charge in [-0.2, -0.15) is 0 Å². The van der Waals surface area contributed by atoms with Gasteiger partial charge in [0.05, 0.1) is 12.8 Å². The number of rotatable bonds is 8. The number of hydrogen-bond donors (Lipinski definition) is 2. The molecular formula is C20H22ClFN2O2. The molecule has 26 heavy (non-hydrogen) atoms. The van der Waals surface area contributed by atoms with Crippen molar-refractivity contribution in [2.45, 2.75) is 24.7 Å². The van der Waals surface area contributed by atoms with Crippen molar-refractivity contribution in [2.75, 3.05) is 25.5 Å². The predicted molar refractivity (Wildman–Crippen MR) is 101 cm³/mol. The summed E-state index contributed by atoms with van der Waals surface area (Å²) >= 11 is 5.99. The number of amides is 1. The van der Waals surface area contributed by atoms with Crippen LogP contribution < -0.4 is 15.4 Å². The van der Waals surface area contributed by atoms with Gasteiger partial charge in [-0.05, 0) is 48.7 Å². The van der Waals surface area contributed by atoms with Gasteiger partial charge in [-0.1, -0.05) is 23.7 Å². The van der Waals surface area contributed by atoms with Crippen LogP contribution in [0.15, 0.2) is 42.5 Å². The molecule has 0 unspecified atom stereocenters. The molecule has 0 spiro atoms. The van der Waals surface area contributed by atoms with Crippen LogP contribution >= 0.6 is 11.6 Å². The molecule has 1 aliphatic rings. The molecule has 6 heteroatoms. The van der Waals surface area contributed by atoms with Crippen LogP contribution in [-0.2, 0) is 10.2 Å². The number of nitrogens with one attached hydrogen (secondary N) is 2. The first-order valence-corrected chi connectivity index (χ1v) is 9.00. The fraction of sp³-hybridized carbons (Fsp3) is 0.350. The first-order valence-electron chi connectivity index (χ1n) is 8.63. The van der Waals surface area contributed by atoms with E-state index in [2.05, 4.69) is 10.6 Å². The zero-order valence-electron chi connectivity index (χ0n) is 14.6. The summed E-state index contributed by atoms with van der Waals surface area (Å²) in [6.45, 7) is 1.06. The van der Waals surface area contributed by atoms with Crippen LogP contribution in [0.3, 0.4) is 0 Å². The zero-order valence-corrected chi connectivity index (χ0v) is 15.4. The second-order valence-corrected chi connectivity index (χ2v) is 7.02. The monoisotopic (exact) mass is 376 g/mol. The Balaban J connectivity index is 1.46. The fourth-order valence-electron chi connectivity index (χ4n) is 3.01. The summed E-state index contributed by atoms with van der Waals surface area (Å²) in [6.07, 6.45) is 2.36. The Morgan fingerprint density at radius 3 is 2.62 bits per heavy atom. The van der Waals surface area contributed by atoms with Crippen molar-refractivity contribution in [1.82, 2.24) is 5.32 Å². The van der Waals surface area contributed by atoms with Crippen molar-refractivity contribution in [1.29, 1.82) is 0 Å². The van der Waals surface area contributed by atoms with Gasteiger partial charge in [0.15, 0.2) is 0 Å². The Morgan fingerprint density at radius 2 is 1.96 bits per heavy atom. The standard InChI is InChI=1S/C20H22ClFN2O2/c1-26-18-7-4-15(21)12-17(18)23-11-8-19(25)24-13-20(9-10-20)14-2-5-16(22)6-3-14/h2-7,12,23H,8-11,13H2,1H3,(H,24,25). The number of carbonyl (C=O) groups is 1. The van der Waals surface area contributed by atoms with E-state index in [-0.39, 0.29) is 17.1 Å². The van der Waals surface area contributed by atoms with Crippen LogP contribution in [0.4, 0.5) is 10.1 Å². The molecule has 2 aromatic carbocycles. The third-order valence-corrected chi connectivity index (χ3v) is 5.00. The lowest BCUT2D eigenvalue weighted by Crippen LogP contribution is -2.33. The molecule has 2 N–H and O–H groups in total. The van der Waals surface area contributed by atoms with Gasteiger partial charge in [0, 0.05) is 29.9 Å². The van der Waals surface area contributed by atoms with Gasteiger partial charge in [0.2, 0.25) is 5.91 Å². The largest absolute Gasteiger partial charge is 0.495 e. The zero-order chi connectivity index (χ0) is 18.6. The molecule has 3 rings (SSSR count). The number of halogens is 2. The third kappa shape index (κ3) is 4.47. The molecule has 0 aliphatic heterocycles. The smallest absolute Gasteiger partial charge is 0.221 e. The minimum atomic E-state index is -0.240. The van der Waals surface area contributed by atoms with Crippen molar-refractivity contribution < 1.29 is 13.9 Å². The SMILES string of the molecule is COc1ccc(Cl)cc1NCCC(=O)NCC1(c2ccc(F)cc2)CC1. The van der Waals surface area contributed by atoms with E-state index in [1.165, 1.54) is 12.1 Å². The number of hydrogen-bond acceptors (Lipinski definition) is 3. The summed E-state index contributed by atoms with van der Waals surface area (Å²) in [5.74, 6) is 0.422. The van der Waals surface area contributed by atoms with E-state index >= 15 is 0 Å². The molecule has 0 saturated heterocycles. The second-order valence-electron chi connectivity index (χ2n) is 6.59. The molecule has 1 saturated carbocycles. The van der Waals surface area contributed by atoms with Crippen LogP contribution in [0.25, 0.3) is 0 Å². The number of carbonyl (C=O) groups excluding carboxylic acids is 1. The minimum Gasteiger partial charge on any atom is -0.495 e. The highest BCUT2D eigenvalue weighted by molar-refractivity contribution is 6.30. The Morgan fingerprint density at radius 1 is 1.23 bits per heavy atom. The van der Waals surface area contributed by atoms with E-state index in [4.69, 9.17) is 16.3 Å². The topological polar surface area (TPSA) is 50.4 Å². The van der Waals surface area contributed by atoms with Gasteiger partial charge >= 0.3 is 0 Å². The van der Waals surface area contributed by atoms with Crippen molar-refractivity contribution in [2.24, 2.45) is 0 Å². The summed E-state index contributed by atoms with van der Waals surface area (Å²) in [5, 5.41) is 6.77. The molecule has 0 heterocycles. The van der Waals surface area contributed by atoms with E-state index in [1.54, 1.807) is 25.3 Å². The maximum absolute atomic E-state index is 13.1. The average molecular weight is 377 g/mol. The quantitative estimate of drug-likeness (QED) is 0.728. The molecule has 0 aromatic heterocycles. The lowest BCUT2D eigenvalue weighted by atomic mass is 9.96. The maximum Gasteiger partial charge on any atom is 0.221 e. The maximum atomic E-state index is 13.1. The lowest BCUT2D eigenvalue weighted by Gasteiger charge is -2.17. The van der Waals surface area contributed by atoms with Crippen LogP contribution in [0.1, 0.15) is 24.8 Å². The number of methoxy groups -OCH3 is 1. The molecule has 4 nitrogen and oxygen atoms in total. The van der Waals surface area contributed by atoms with Gasteiger partial charge in [-0.15, -0.1) is 0 Å². The minimum absolute atomic E-state index is 0.0214. The predicted octanol–water partition coefficient (Wildman–Crippen LogP) is 4.14. The Hall–Kier alpha value is -2.27. The summed E-state index contributed by atoms with van der Waals surface area (Å²) < 4.78 is 18.3. The van der Waals surface area contributed by atoms with Crippen molar-refractivity contribution in [3.05, 3.63) is 58.9 Å².